The molecule has 4 aliphatic rings. The molecule has 0 bridgehead atoms. The summed E-state index contributed by atoms with van der Waals surface area (Å²) in [5, 5.41) is 22.5. The van der Waals surface area contributed by atoms with Gasteiger partial charge in [-0.1, -0.05) is 52.4 Å². The quantitative estimate of drug-likeness (QED) is 0.136. The van der Waals surface area contributed by atoms with Gasteiger partial charge < -0.3 is 21.3 Å². The van der Waals surface area contributed by atoms with Gasteiger partial charge >= 0.3 is 12.1 Å². The molecule has 4 aromatic rings. The molecule has 1 atom stereocenters. The lowest BCUT2D eigenvalue weighted by atomic mass is 9.92. The Morgan fingerprint density at radius 2 is 1.22 bits per heavy atom. The Morgan fingerprint density at radius 3 is 1.69 bits per heavy atom. The molecule has 312 valence electrons. The Labute approximate surface area is 345 Å². The second kappa shape index (κ2) is 17.2. The molecule has 2 aliphatic heterocycles. The molecule has 0 radical (unpaired) electrons. The number of aromatic nitrogens is 4. The molecule has 8 rings (SSSR count). The van der Waals surface area contributed by atoms with E-state index < -0.39 is 11.4 Å². The molecule has 58 heavy (non-hydrogen) atoms. The maximum atomic E-state index is 12.8. The second-order valence-corrected chi connectivity index (χ2v) is 18.9. The van der Waals surface area contributed by atoms with Crippen LogP contribution in [0.5, 0.6) is 0 Å². The Hall–Kier alpha value is -4.84. The van der Waals surface area contributed by atoms with E-state index in [1.807, 2.05) is 39.8 Å². The number of aryl methyl sites for hydroxylation is 2. The highest BCUT2D eigenvalue weighted by Gasteiger charge is 2.34. The molecule has 4 fully saturated rings. The van der Waals surface area contributed by atoms with Gasteiger partial charge in [-0.25, -0.2) is 9.59 Å². The number of hydrogen-bond donors (Lipinski definition) is 4. The van der Waals surface area contributed by atoms with Crippen molar-refractivity contribution in [2.75, 3.05) is 32.7 Å². The summed E-state index contributed by atoms with van der Waals surface area (Å²) in [6, 6.07) is 3.56. The third-order valence-corrected chi connectivity index (χ3v) is 13.7. The van der Waals surface area contributed by atoms with Crippen molar-refractivity contribution in [2.24, 2.45) is 5.41 Å². The molecular weight excluding hydrogens is 781 g/mol. The van der Waals surface area contributed by atoms with E-state index in [-0.39, 0.29) is 61.9 Å². The van der Waals surface area contributed by atoms with Crippen LogP contribution in [0.1, 0.15) is 128 Å². The number of carbonyl (C=O) groups excluding carboxylic acids is 6. The fourth-order valence-corrected chi connectivity index (χ4v) is 10.6. The molecule has 4 N–H and O–H groups in total. The Kier molecular flexibility index (Phi) is 12.2. The van der Waals surface area contributed by atoms with Crippen LogP contribution < -0.4 is 21.3 Å². The average Bonchev–Trinajstić information content (AvgIpc) is 4.06. The first kappa shape index (κ1) is 41.3. The van der Waals surface area contributed by atoms with E-state index in [1.54, 1.807) is 6.92 Å². The third-order valence-electron chi connectivity index (χ3n) is 11.4. The predicted octanol–water partition coefficient (Wildman–Crippen LogP) is 5.80. The molecule has 18 heteroatoms. The zero-order chi connectivity index (χ0) is 41.3. The summed E-state index contributed by atoms with van der Waals surface area (Å²) in [7, 11) is 0. The monoisotopic (exact) mass is 834 g/mol. The van der Waals surface area contributed by atoms with Crippen molar-refractivity contribution in [3.63, 3.8) is 0 Å². The molecule has 6 heterocycles. The molecule has 0 unspecified atom stereocenters. The van der Waals surface area contributed by atoms with Gasteiger partial charge in [0.1, 0.15) is 9.66 Å². The van der Waals surface area contributed by atoms with Crippen LogP contribution in [0.3, 0.4) is 0 Å². The fraction of sp³-hybridized carbons (Fsp3) is 0.600. The first-order valence-corrected chi connectivity index (χ1v) is 22.0. The van der Waals surface area contributed by atoms with E-state index in [1.165, 1.54) is 66.1 Å². The summed E-state index contributed by atoms with van der Waals surface area (Å²) < 4.78 is 4.24. The summed E-state index contributed by atoms with van der Waals surface area (Å²) in [6.45, 7) is 10.5. The van der Waals surface area contributed by atoms with E-state index in [4.69, 9.17) is 10.2 Å². The van der Waals surface area contributed by atoms with E-state index in [9.17, 15) is 28.8 Å². The number of fused-ring (bicyclic) bond motifs is 2. The number of nitrogens with zero attached hydrogens (tertiary/aromatic N) is 6. The average molecular weight is 835 g/mol. The van der Waals surface area contributed by atoms with Crippen molar-refractivity contribution in [3.05, 3.63) is 33.3 Å². The third kappa shape index (κ3) is 8.92. The number of hydrogen-bond acceptors (Lipinski definition) is 10. The van der Waals surface area contributed by atoms with Crippen molar-refractivity contribution in [1.29, 1.82) is 0 Å². The van der Waals surface area contributed by atoms with Crippen LogP contribution in [0.2, 0.25) is 0 Å². The van der Waals surface area contributed by atoms with Crippen molar-refractivity contribution >= 4 is 78.8 Å². The van der Waals surface area contributed by atoms with Crippen molar-refractivity contribution in [1.82, 2.24) is 50.6 Å². The minimum atomic E-state index is -0.432. The van der Waals surface area contributed by atoms with Gasteiger partial charge in [0, 0.05) is 35.3 Å². The molecular formula is C40H54N10O6S2. The minimum Gasteiger partial charge on any atom is -0.351 e. The van der Waals surface area contributed by atoms with E-state index in [0.29, 0.717) is 28.4 Å². The van der Waals surface area contributed by atoms with Crippen molar-refractivity contribution < 1.29 is 28.8 Å². The summed E-state index contributed by atoms with van der Waals surface area (Å²) in [6.07, 6.45) is 12.1. The highest BCUT2D eigenvalue weighted by Crippen LogP contribution is 2.37. The van der Waals surface area contributed by atoms with Gasteiger partial charge in [0.2, 0.25) is 11.8 Å². The summed E-state index contributed by atoms with van der Waals surface area (Å²) in [5.41, 5.74) is 1.48. The van der Waals surface area contributed by atoms with Crippen molar-refractivity contribution in [2.45, 2.75) is 117 Å². The van der Waals surface area contributed by atoms with Gasteiger partial charge in [-0.2, -0.15) is 10.2 Å². The largest absolute Gasteiger partial charge is 0.351 e. The Morgan fingerprint density at radius 1 is 0.759 bits per heavy atom. The van der Waals surface area contributed by atoms with Gasteiger partial charge in [0.25, 0.3) is 11.8 Å². The van der Waals surface area contributed by atoms with Crippen LogP contribution >= 0.6 is 22.7 Å². The minimum absolute atomic E-state index is 0.0206. The van der Waals surface area contributed by atoms with Crippen LogP contribution in [0.4, 0.5) is 9.59 Å². The second-order valence-electron chi connectivity index (χ2n) is 16.8. The highest BCUT2D eigenvalue weighted by molar-refractivity contribution is 7.20. The standard InChI is InChI=1S/C21H29N5O3S.C19H25N5O3S/c1-13-15-9-16(30-19(15)26(24-13)14-7-5-4-6-8-14)18(28)23-11-21(2,3)12-25-17(27)10-22-20(25)29;1-11(10-23-16(25)9-20-19(23)27)21-17(26)15-8-14-12(2)22-24(18(14)28-15)13-6-4-3-5-7-13/h9,14H,4-8,10-12H2,1-3H3,(H,22,29)(H,23,28);8,11,13H,3-7,9-10H2,1-2H3,(H,20,27)(H,21,26)/t;11-/m.1/s1. The van der Waals surface area contributed by atoms with Gasteiger partial charge in [-0.3, -0.25) is 38.3 Å². The van der Waals surface area contributed by atoms with E-state index in [2.05, 4.69) is 30.6 Å². The van der Waals surface area contributed by atoms with Gasteiger partial charge in [0.05, 0.1) is 52.9 Å². The molecule has 4 aromatic heterocycles. The number of urea groups is 2. The van der Waals surface area contributed by atoms with Crippen LogP contribution in [0.25, 0.3) is 20.4 Å². The highest BCUT2D eigenvalue weighted by atomic mass is 32.1. The fourth-order valence-electron chi connectivity index (χ4n) is 8.27. The Balaban J connectivity index is 0.000000177. The zero-order valence-corrected chi connectivity index (χ0v) is 35.6. The predicted molar refractivity (Wildman–Crippen MR) is 222 cm³/mol. The first-order chi connectivity index (χ1) is 27.7. The zero-order valence-electron chi connectivity index (χ0n) is 33.9. The smallest absolute Gasteiger partial charge is 0.324 e. The lowest BCUT2D eigenvalue weighted by Gasteiger charge is -2.28. The van der Waals surface area contributed by atoms with Crippen LogP contribution in [0, 0.1) is 19.3 Å². The molecule has 2 saturated heterocycles. The molecule has 8 amide bonds. The number of imide groups is 2. The molecule has 16 nitrogen and oxygen atoms in total. The van der Waals surface area contributed by atoms with Crippen LogP contribution in [-0.2, 0) is 9.59 Å². The summed E-state index contributed by atoms with van der Waals surface area (Å²) >= 11 is 2.95. The summed E-state index contributed by atoms with van der Waals surface area (Å²) in [4.78, 5) is 78.3. The molecule has 0 aromatic carbocycles. The first-order valence-electron chi connectivity index (χ1n) is 20.4. The summed E-state index contributed by atoms with van der Waals surface area (Å²) in [5.74, 6) is -0.811. The number of carbonyl (C=O) groups is 6. The SMILES string of the molecule is Cc1nn(C2CCCCC2)c2sc(C(=O)NCC(C)(C)CN3C(=O)CNC3=O)cc12.Cc1nn(C2CCCCC2)c2sc(C(=O)N[C@H](C)CN3C(=O)CNC3=O)cc12. The van der Waals surface area contributed by atoms with E-state index >= 15 is 0 Å². The lowest BCUT2D eigenvalue weighted by Crippen LogP contribution is -2.44. The van der Waals surface area contributed by atoms with Gasteiger partial charge in [-0.15, -0.1) is 22.7 Å². The van der Waals surface area contributed by atoms with Crippen LogP contribution in [0.15, 0.2) is 12.1 Å². The van der Waals surface area contributed by atoms with Crippen molar-refractivity contribution in [3.8, 4) is 0 Å². The topological polar surface area (TPSA) is 193 Å². The molecule has 2 aliphatic carbocycles. The Bertz CT molecular complexity index is 2190. The molecule has 2 saturated carbocycles. The maximum absolute atomic E-state index is 12.8. The van der Waals surface area contributed by atoms with Crippen LogP contribution in [-0.4, -0.2) is 104 Å². The van der Waals surface area contributed by atoms with Gasteiger partial charge in [0.15, 0.2) is 0 Å². The lowest BCUT2D eigenvalue weighted by molar-refractivity contribution is -0.126. The number of amides is 8. The molecule has 0 spiro atoms. The van der Waals surface area contributed by atoms with Gasteiger partial charge in [-0.05, 0) is 58.6 Å². The number of nitrogens with one attached hydrogen (secondary N) is 4. The normalized spacial score (nSPS) is 18.8. The number of thiophene rings is 2. The number of rotatable bonds is 11. The van der Waals surface area contributed by atoms with E-state index in [0.717, 1.165) is 62.4 Å². The maximum Gasteiger partial charge on any atom is 0.324 e.